The molecule has 3 nitrogen and oxygen atoms in total. The van der Waals surface area contributed by atoms with Gasteiger partial charge in [-0.05, 0) is 72.9 Å². The molecule has 3 heteroatoms. The van der Waals surface area contributed by atoms with Gasteiger partial charge in [-0.25, -0.2) is 4.99 Å². The fourth-order valence-electron chi connectivity index (χ4n) is 6.95. The second-order valence-electron chi connectivity index (χ2n) is 14.6. The summed E-state index contributed by atoms with van der Waals surface area (Å²) in [6.45, 7) is 28.1. The third-order valence-corrected chi connectivity index (χ3v) is 9.32. The molecule has 2 aliphatic heterocycles. The van der Waals surface area contributed by atoms with Crippen LogP contribution in [0.5, 0.6) is 0 Å². The highest BCUT2D eigenvalue weighted by Crippen LogP contribution is 2.56. The number of fused-ring (bicyclic) bond motifs is 4. The Labute approximate surface area is 219 Å². The number of nitrogens with one attached hydrogen (secondary N) is 1. The zero-order valence-electron chi connectivity index (χ0n) is 24.6. The second kappa shape index (κ2) is 7.27. The molecule has 2 heterocycles. The lowest BCUT2D eigenvalue weighted by atomic mass is 9.67. The number of anilines is 2. The molecule has 0 saturated heterocycles. The zero-order chi connectivity index (χ0) is 26.6. The van der Waals surface area contributed by atoms with Gasteiger partial charge < -0.3 is 5.32 Å². The lowest BCUT2D eigenvalue weighted by Gasteiger charge is -2.44. The summed E-state index contributed by atoms with van der Waals surface area (Å²) in [5, 5.41) is 4.08. The molecule has 1 aliphatic carbocycles. The van der Waals surface area contributed by atoms with Gasteiger partial charge in [0.25, 0.3) is 0 Å². The molecule has 2 bridgehead atoms. The number of allylic oxidation sites excluding steroid dienone is 1. The standard InChI is InChI=1S/C33H45N3/c1-13-25-27-20-15-14-16-23(27)34-28(29(2,3)4)36(25)26-18-22-21(30(5,6)19-31(22,7)8)17-24(26)35-33(11,12)32(20,9)10/h13-18,35H,19H2,1-12H3/b25-13-. The summed E-state index contributed by atoms with van der Waals surface area (Å²) in [6.07, 6.45) is 3.44. The highest BCUT2D eigenvalue weighted by atomic mass is 15.3. The number of aliphatic imine (C=N–C) groups is 1. The van der Waals surface area contributed by atoms with Gasteiger partial charge in [0.1, 0.15) is 5.84 Å². The minimum absolute atomic E-state index is 0.120. The molecular weight excluding hydrogens is 438 g/mol. The van der Waals surface area contributed by atoms with Crippen LogP contribution in [-0.4, -0.2) is 11.4 Å². The maximum absolute atomic E-state index is 5.40. The summed E-state index contributed by atoms with van der Waals surface area (Å²) in [4.78, 5) is 7.86. The van der Waals surface area contributed by atoms with Crippen LogP contribution < -0.4 is 10.2 Å². The van der Waals surface area contributed by atoms with E-state index in [1.807, 2.05) is 0 Å². The molecule has 36 heavy (non-hydrogen) atoms. The number of nitrogens with zero attached hydrogens (tertiary/aromatic N) is 2. The van der Waals surface area contributed by atoms with Gasteiger partial charge in [0.2, 0.25) is 0 Å². The number of hydrogen-bond acceptors (Lipinski definition) is 3. The van der Waals surface area contributed by atoms with Crippen LogP contribution in [-0.2, 0) is 16.2 Å². The van der Waals surface area contributed by atoms with Crippen LogP contribution >= 0.6 is 0 Å². The molecule has 0 fully saturated rings. The fourth-order valence-corrected chi connectivity index (χ4v) is 6.95. The van der Waals surface area contributed by atoms with Crippen molar-refractivity contribution in [3.05, 3.63) is 58.7 Å². The Hall–Kier alpha value is -2.55. The summed E-state index contributed by atoms with van der Waals surface area (Å²) in [5.41, 5.74) is 10.0. The van der Waals surface area contributed by atoms with Crippen molar-refractivity contribution in [2.45, 2.75) is 111 Å². The normalized spacial score (nSPS) is 23.6. The molecule has 0 radical (unpaired) electrons. The van der Waals surface area contributed by atoms with E-state index in [0.717, 1.165) is 17.9 Å². The van der Waals surface area contributed by atoms with Crippen molar-refractivity contribution in [2.75, 3.05) is 10.2 Å². The van der Waals surface area contributed by atoms with Crippen LogP contribution in [0.3, 0.4) is 0 Å². The van der Waals surface area contributed by atoms with E-state index in [2.05, 4.69) is 130 Å². The Morgan fingerprint density at radius 2 is 1.50 bits per heavy atom. The van der Waals surface area contributed by atoms with Crippen molar-refractivity contribution in [2.24, 2.45) is 10.4 Å². The molecule has 2 aromatic carbocycles. The van der Waals surface area contributed by atoms with E-state index >= 15 is 0 Å². The summed E-state index contributed by atoms with van der Waals surface area (Å²) in [6, 6.07) is 11.6. The van der Waals surface area contributed by atoms with E-state index in [1.165, 1.54) is 39.3 Å². The van der Waals surface area contributed by atoms with Crippen molar-refractivity contribution < 1.29 is 0 Å². The maximum atomic E-state index is 5.40. The Kier molecular flexibility index (Phi) is 5.07. The average molecular weight is 484 g/mol. The highest BCUT2D eigenvalue weighted by Gasteiger charge is 2.48. The van der Waals surface area contributed by atoms with Gasteiger partial charge >= 0.3 is 0 Å². The molecule has 2 aromatic rings. The molecule has 3 aliphatic rings. The monoisotopic (exact) mass is 483 g/mol. The maximum Gasteiger partial charge on any atom is 0.119 e. The molecule has 5 rings (SSSR count). The van der Waals surface area contributed by atoms with E-state index < -0.39 is 0 Å². The van der Waals surface area contributed by atoms with Gasteiger partial charge in [-0.3, -0.25) is 4.90 Å². The van der Waals surface area contributed by atoms with E-state index in [1.54, 1.807) is 0 Å². The Bertz CT molecular complexity index is 1330. The highest BCUT2D eigenvalue weighted by molar-refractivity contribution is 6.17. The smallest absolute Gasteiger partial charge is 0.119 e. The molecular formula is C33H45N3. The van der Waals surface area contributed by atoms with Crippen LogP contribution in [0.15, 0.2) is 41.4 Å². The quantitative estimate of drug-likeness (QED) is 0.404. The predicted octanol–water partition coefficient (Wildman–Crippen LogP) is 9.08. The topological polar surface area (TPSA) is 27.6 Å². The number of hydrogen-bond donors (Lipinski definition) is 1. The SMILES string of the molecule is C/C=C1/c2c3cccc2C(C)(C)C(C)(C)Nc2cc4c(cc2N1C(C(C)(C)C)=N3)C(C)(C)CC4(C)C. The van der Waals surface area contributed by atoms with E-state index in [-0.39, 0.29) is 27.2 Å². The molecule has 0 saturated carbocycles. The van der Waals surface area contributed by atoms with Gasteiger partial charge in [-0.15, -0.1) is 0 Å². The van der Waals surface area contributed by atoms with Crippen LogP contribution in [0.2, 0.25) is 0 Å². The molecule has 0 aromatic heterocycles. The van der Waals surface area contributed by atoms with Crippen LogP contribution in [0.1, 0.15) is 112 Å². The molecule has 192 valence electrons. The molecule has 0 unspecified atom stereocenters. The first-order chi connectivity index (χ1) is 16.4. The number of rotatable bonds is 0. The van der Waals surface area contributed by atoms with Crippen molar-refractivity contribution in [3.63, 3.8) is 0 Å². The second-order valence-corrected chi connectivity index (χ2v) is 14.6. The van der Waals surface area contributed by atoms with Gasteiger partial charge in [0.05, 0.1) is 22.8 Å². The molecule has 0 amide bonds. The van der Waals surface area contributed by atoms with Crippen molar-refractivity contribution in [3.8, 4) is 0 Å². The zero-order valence-corrected chi connectivity index (χ0v) is 24.6. The Morgan fingerprint density at radius 3 is 2.08 bits per heavy atom. The van der Waals surface area contributed by atoms with Gasteiger partial charge in [0, 0.05) is 21.9 Å². The molecule has 0 spiro atoms. The van der Waals surface area contributed by atoms with Crippen molar-refractivity contribution in [1.29, 1.82) is 0 Å². The summed E-state index contributed by atoms with van der Waals surface area (Å²) in [5.74, 6) is 1.09. The van der Waals surface area contributed by atoms with Crippen LogP contribution in [0, 0.1) is 5.41 Å². The lowest BCUT2D eigenvalue weighted by molar-refractivity contribution is 0.334. The van der Waals surface area contributed by atoms with Crippen LogP contribution in [0.25, 0.3) is 5.70 Å². The number of benzene rings is 2. The first-order valence-electron chi connectivity index (χ1n) is 13.6. The van der Waals surface area contributed by atoms with E-state index in [4.69, 9.17) is 4.99 Å². The molecule has 0 atom stereocenters. The Morgan fingerprint density at radius 1 is 0.889 bits per heavy atom. The average Bonchev–Trinajstić information content (AvgIpc) is 2.93. The fraction of sp³-hybridized carbons (Fsp3) is 0.545. The lowest BCUT2D eigenvalue weighted by Crippen LogP contribution is -2.49. The minimum atomic E-state index is -0.206. The minimum Gasteiger partial charge on any atom is -0.378 e. The van der Waals surface area contributed by atoms with Gasteiger partial charge in [-0.1, -0.05) is 80.5 Å². The summed E-state index contributed by atoms with van der Waals surface area (Å²) < 4.78 is 0. The Balaban J connectivity index is 1.96. The van der Waals surface area contributed by atoms with Crippen molar-refractivity contribution in [1.82, 2.24) is 0 Å². The predicted molar refractivity (Wildman–Crippen MR) is 157 cm³/mol. The first-order valence-corrected chi connectivity index (χ1v) is 13.6. The largest absolute Gasteiger partial charge is 0.378 e. The molecule has 1 N–H and O–H groups in total. The number of amidine groups is 1. The van der Waals surface area contributed by atoms with Gasteiger partial charge in [0.15, 0.2) is 0 Å². The van der Waals surface area contributed by atoms with E-state index in [0.29, 0.717) is 0 Å². The van der Waals surface area contributed by atoms with Crippen LogP contribution in [0.4, 0.5) is 17.1 Å². The summed E-state index contributed by atoms with van der Waals surface area (Å²) in [7, 11) is 0. The third-order valence-electron chi connectivity index (χ3n) is 9.32. The van der Waals surface area contributed by atoms with Gasteiger partial charge in [-0.2, -0.15) is 0 Å². The van der Waals surface area contributed by atoms with Crippen molar-refractivity contribution >= 4 is 28.6 Å². The third kappa shape index (κ3) is 3.34. The summed E-state index contributed by atoms with van der Waals surface area (Å²) >= 11 is 0. The van der Waals surface area contributed by atoms with E-state index in [9.17, 15) is 0 Å². The first kappa shape index (κ1) is 25.1.